The molecule has 0 aliphatic rings. The summed E-state index contributed by atoms with van der Waals surface area (Å²) in [5.74, 6) is 0.867. The van der Waals surface area contributed by atoms with E-state index in [0.29, 0.717) is 0 Å². The molecule has 0 saturated carbocycles. The van der Waals surface area contributed by atoms with Gasteiger partial charge in [0.25, 0.3) is 0 Å². The third kappa shape index (κ3) is 3.29. The maximum Gasteiger partial charge on any atom is 0.142 e. The van der Waals surface area contributed by atoms with Crippen LogP contribution in [0, 0.1) is 0 Å². The second-order valence-corrected chi connectivity index (χ2v) is 6.81. The van der Waals surface area contributed by atoms with E-state index in [-0.39, 0.29) is 0 Å². The average molecular weight is 363 g/mol. The van der Waals surface area contributed by atoms with Gasteiger partial charge in [-0.1, -0.05) is 18.2 Å². The molecule has 0 spiro atoms. The Morgan fingerprint density at radius 1 is 1.10 bits per heavy atom. The summed E-state index contributed by atoms with van der Waals surface area (Å²) in [4.78, 5) is 10.2. The molecule has 20 heavy (non-hydrogen) atoms. The summed E-state index contributed by atoms with van der Waals surface area (Å²) in [6.07, 6.45) is 1.80. The Morgan fingerprint density at radius 3 is 2.75 bits per heavy atom. The number of halogens is 1. The van der Waals surface area contributed by atoms with Gasteiger partial charge in [-0.15, -0.1) is 23.1 Å². The van der Waals surface area contributed by atoms with Gasteiger partial charge < -0.3 is 0 Å². The van der Waals surface area contributed by atoms with Crippen molar-refractivity contribution < 1.29 is 0 Å². The minimum atomic E-state index is 0.867. The molecule has 0 saturated heterocycles. The standard InChI is InChI=1S/C15H11BrN2S2/c16-12-5-1-2-7-14(12)19-9-11-10-20-15(18-11)13-6-3-4-8-17-13/h1-8,10H,9H2. The Labute approximate surface area is 134 Å². The zero-order chi connectivity index (χ0) is 13.8. The first-order chi connectivity index (χ1) is 9.83. The van der Waals surface area contributed by atoms with E-state index in [2.05, 4.69) is 43.4 Å². The van der Waals surface area contributed by atoms with E-state index in [1.807, 2.05) is 30.3 Å². The molecular formula is C15H11BrN2S2. The Kier molecular flexibility index (Phi) is 4.50. The number of benzene rings is 1. The fourth-order valence-corrected chi connectivity index (χ4v) is 4.05. The van der Waals surface area contributed by atoms with Crippen LogP contribution in [0.2, 0.25) is 0 Å². The topological polar surface area (TPSA) is 25.8 Å². The van der Waals surface area contributed by atoms with Crippen LogP contribution in [0.1, 0.15) is 5.69 Å². The molecule has 2 heterocycles. The molecule has 0 unspecified atom stereocenters. The molecule has 0 bridgehead atoms. The summed E-state index contributed by atoms with van der Waals surface area (Å²) >= 11 is 6.99. The van der Waals surface area contributed by atoms with E-state index in [9.17, 15) is 0 Å². The molecule has 1 aromatic carbocycles. The van der Waals surface area contributed by atoms with Crippen LogP contribution in [0.25, 0.3) is 10.7 Å². The minimum absolute atomic E-state index is 0.867. The number of aromatic nitrogens is 2. The van der Waals surface area contributed by atoms with Gasteiger partial charge in [0, 0.05) is 26.7 Å². The number of rotatable bonds is 4. The zero-order valence-electron chi connectivity index (χ0n) is 10.5. The number of hydrogen-bond donors (Lipinski definition) is 0. The third-order valence-corrected chi connectivity index (χ3v) is 5.62. The maximum atomic E-state index is 4.65. The first-order valence-electron chi connectivity index (χ1n) is 6.06. The molecule has 3 aromatic rings. The van der Waals surface area contributed by atoms with Gasteiger partial charge in [-0.05, 0) is 40.2 Å². The van der Waals surface area contributed by atoms with Crippen molar-refractivity contribution in [2.45, 2.75) is 10.6 Å². The quantitative estimate of drug-likeness (QED) is 0.592. The van der Waals surface area contributed by atoms with Crippen LogP contribution in [0.3, 0.4) is 0 Å². The lowest BCUT2D eigenvalue weighted by molar-refractivity contribution is 1.21. The van der Waals surface area contributed by atoms with Gasteiger partial charge in [0.2, 0.25) is 0 Å². The third-order valence-electron chi connectivity index (χ3n) is 2.65. The predicted octanol–water partition coefficient (Wildman–Crippen LogP) is 5.26. The minimum Gasteiger partial charge on any atom is -0.254 e. The van der Waals surface area contributed by atoms with Crippen molar-refractivity contribution in [1.82, 2.24) is 9.97 Å². The van der Waals surface area contributed by atoms with Crippen molar-refractivity contribution in [3.8, 4) is 10.7 Å². The van der Waals surface area contributed by atoms with Crippen molar-refractivity contribution in [2.24, 2.45) is 0 Å². The molecule has 0 amide bonds. The van der Waals surface area contributed by atoms with Gasteiger partial charge in [0.05, 0.1) is 11.4 Å². The zero-order valence-corrected chi connectivity index (χ0v) is 13.7. The molecule has 2 aromatic heterocycles. The van der Waals surface area contributed by atoms with Gasteiger partial charge in [-0.2, -0.15) is 0 Å². The highest BCUT2D eigenvalue weighted by Gasteiger charge is 2.07. The second kappa shape index (κ2) is 6.52. The van der Waals surface area contributed by atoms with Crippen molar-refractivity contribution in [1.29, 1.82) is 0 Å². The lowest BCUT2D eigenvalue weighted by Crippen LogP contribution is -1.84. The molecule has 100 valence electrons. The van der Waals surface area contributed by atoms with Gasteiger partial charge in [-0.3, -0.25) is 4.98 Å². The first-order valence-corrected chi connectivity index (χ1v) is 8.72. The number of thiazole rings is 1. The Balaban J connectivity index is 1.71. The van der Waals surface area contributed by atoms with E-state index >= 15 is 0 Å². The molecular weight excluding hydrogens is 352 g/mol. The Bertz CT molecular complexity index is 698. The highest BCUT2D eigenvalue weighted by Crippen LogP contribution is 2.31. The summed E-state index contributed by atoms with van der Waals surface area (Å²) < 4.78 is 1.13. The maximum absolute atomic E-state index is 4.65. The summed E-state index contributed by atoms with van der Waals surface area (Å²) in [7, 11) is 0. The molecule has 3 rings (SSSR count). The van der Waals surface area contributed by atoms with Crippen LogP contribution in [0.15, 0.2) is 63.4 Å². The van der Waals surface area contributed by atoms with Crippen molar-refractivity contribution >= 4 is 39.0 Å². The monoisotopic (exact) mass is 362 g/mol. The Morgan fingerprint density at radius 2 is 1.95 bits per heavy atom. The molecule has 0 radical (unpaired) electrons. The van der Waals surface area contributed by atoms with Crippen molar-refractivity contribution in [3.05, 3.63) is 64.2 Å². The molecule has 0 atom stereocenters. The largest absolute Gasteiger partial charge is 0.254 e. The van der Waals surface area contributed by atoms with Crippen LogP contribution < -0.4 is 0 Å². The molecule has 2 nitrogen and oxygen atoms in total. The second-order valence-electron chi connectivity index (χ2n) is 4.08. The van der Waals surface area contributed by atoms with E-state index < -0.39 is 0 Å². The molecule has 0 N–H and O–H groups in total. The smallest absolute Gasteiger partial charge is 0.142 e. The molecule has 0 fully saturated rings. The van der Waals surface area contributed by atoms with Gasteiger partial charge in [0.1, 0.15) is 5.01 Å². The summed E-state index contributed by atoms with van der Waals surface area (Å²) in [6.45, 7) is 0. The fourth-order valence-electron chi connectivity index (χ4n) is 1.69. The lowest BCUT2D eigenvalue weighted by atomic mass is 10.4. The fraction of sp³-hybridized carbons (Fsp3) is 0.0667. The van der Waals surface area contributed by atoms with Gasteiger partial charge >= 0.3 is 0 Å². The highest BCUT2D eigenvalue weighted by molar-refractivity contribution is 9.10. The predicted molar refractivity (Wildman–Crippen MR) is 89.0 cm³/mol. The first kappa shape index (κ1) is 13.8. The molecule has 0 aliphatic heterocycles. The normalized spacial score (nSPS) is 10.7. The van der Waals surface area contributed by atoms with Crippen LogP contribution >= 0.6 is 39.0 Å². The van der Waals surface area contributed by atoms with E-state index in [4.69, 9.17) is 0 Å². The summed E-state index contributed by atoms with van der Waals surface area (Å²) in [6, 6.07) is 14.1. The van der Waals surface area contributed by atoms with Gasteiger partial charge in [-0.25, -0.2) is 4.98 Å². The van der Waals surface area contributed by atoms with Crippen molar-refractivity contribution in [2.75, 3.05) is 0 Å². The number of hydrogen-bond acceptors (Lipinski definition) is 4. The van der Waals surface area contributed by atoms with Crippen LogP contribution in [-0.4, -0.2) is 9.97 Å². The molecule has 0 aliphatic carbocycles. The molecule has 5 heteroatoms. The Hall–Kier alpha value is -1.17. The highest BCUT2D eigenvalue weighted by atomic mass is 79.9. The van der Waals surface area contributed by atoms with Crippen LogP contribution in [-0.2, 0) is 5.75 Å². The SMILES string of the molecule is Brc1ccccc1SCc1csc(-c2ccccn2)n1. The average Bonchev–Trinajstić information content (AvgIpc) is 2.96. The van der Waals surface area contributed by atoms with Crippen molar-refractivity contribution in [3.63, 3.8) is 0 Å². The lowest BCUT2D eigenvalue weighted by Gasteiger charge is -2.01. The van der Waals surface area contributed by atoms with E-state index in [0.717, 1.165) is 26.6 Å². The number of pyridine rings is 1. The summed E-state index contributed by atoms with van der Waals surface area (Å²) in [5.41, 5.74) is 2.03. The number of thioether (sulfide) groups is 1. The van der Waals surface area contributed by atoms with E-state index in [1.165, 1.54) is 4.90 Å². The van der Waals surface area contributed by atoms with Gasteiger partial charge in [0.15, 0.2) is 0 Å². The van der Waals surface area contributed by atoms with Crippen LogP contribution in [0.4, 0.5) is 0 Å². The number of nitrogens with zero attached hydrogens (tertiary/aromatic N) is 2. The summed E-state index contributed by atoms with van der Waals surface area (Å²) in [5, 5.41) is 3.08. The van der Waals surface area contributed by atoms with E-state index in [1.54, 1.807) is 29.3 Å². The van der Waals surface area contributed by atoms with Crippen LogP contribution in [0.5, 0.6) is 0 Å².